The van der Waals surface area contributed by atoms with Gasteiger partial charge in [0.2, 0.25) is 5.91 Å². The topological polar surface area (TPSA) is 69.6 Å². The highest BCUT2D eigenvalue weighted by Gasteiger charge is 2.28. The van der Waals surface area contributed by atoms with E-state index in [1.165, 1.54) is 0 Å². The van der Waals surface area contributed by atoms with Gasteiger partial charge in [0.05, 0.1) is 12.5 Å². The van der Waals surface area contributed by atoms with Crippen molar-refractivity contribution in [2.45, 2.75) is 19.3 Å². The Labute approximate surface area is 91.4 Å². The van der Waals surface area contributed by atoms with Gasteiger partial charge in [-0.1, -0.05) is 0 Å². The minimum atomic E-state index is -2.58. The molecule has 0 aromatic heterocycles. The van der Waals surface area contributed by atoms with Gasteiger partial charge in [-0.3, -0.25) is 4.79 Å². The van der Waals surface area contributed by atoms with Gasteiger partial charge in [0.15, 0.2) is 0 Å². The Morgan fingerprint density at radius 2 is 2.19 bits per heavy atom. The van der Waals surface area contributed by atoms with Gasteiger partial charge in [-0.15, -0.1) is 0 Å². The van der Waals surface area contributed by atoms with Crippen molar-refractivity contribution in [2.75, 3.05) is 19.6 Å². The summed E-state index contributed by atoms with van der Waals surface area (Å²) in [4.78, 5) is 23.2. The van der Waals surface area contributed by atoms with Crippen LogP contribution in [0.2, 0.25) is 0 Å². The number of nitrogens with one attached hydrogen (secondary N) is 1. The summed E-state index contributed by atoms with van der Waals surface area (Å²) >= 11 is 0. The summed E-state index contributed by atoms with van der Waals surface area (Å²) in [6.45, 7) is -0.194. The second kappa shape index (κ2) is 5.62. The zero-order valence-corrected chi connectivity index (χ0v) is 8.66. The molecule has 1 unspecified atom stereocenters. The van der Waals surface area contributed by atoms with E-state index in [0.717, 1.165) is 4.90 Å². The van der Waals surface area contributed by atoms with Crippen LogP contribution in [0.3, 0.4) is 0 Å². The third-order valence-corrected chi connectivity index (χ3v) is 2.49. The van der Waals surface area contributed by atoms with Crippen molar-refractivity contribution in [1.29, 1.82) is 0 Å². The standard InChI is InChI=1S/C9H14F2N2O3/c10-7(11)4-12-8(14)6-2-1-3-13(5-6)9(15)16/h6-7H,1-5H2,(H,12,14)(H,15,16). The third-order valence-electron chi connectivity index (χ3n) is 2.49. The summed E-state index contributed by atoms with van der Waals surface area (Å²) in [6.07, 6.45) is -2.53. The van der Waals surface area contributed by atoms with Crippen LogP contribution < -0.4 is 5.32 Å². The van der Waals surface area contributed by atoms with Crippen LogP contribution in [0.25, 0.3) is 0 Å². The number of carboxylic acid groups (broad SMARTS) is 1. The number of amides is 2. The number of piperidine rings is 1. The summed E-state index contributed by atoms with van der Waals surface area (Å²) in [5.74, 6) is -1.00. The monoisotopic (exact) mass is 236 g/mol. The van der Waals surface area contributed by atoms with Gasteiger partial charge in [0.1, 0.15) is 0 Å². The Hall–Kier alpha value is -1.40. The maximum Gasteiger partial charge on any atom is 0.407 e. The van der Waals surface area contributed by atoms with Gasteiger partial charge >= 0.3 is 6.09 Å². The van der Waals surface area contributed by atoms with E-state index >= 15 is 0 Å². The van der Waals surface area contributed by atoms with Crippen molar-refractivity contribution < 1.29 is 23.5 Å². The molecule has 7 heteroatoms. The first-order valence-corrected chi connectivity index (χ1v) is 5.04. The van der Waals surface area contributed by atoms with E-state index in [-0.39, 0.29) is 6.54 Å². The second-order valence-corrected chi connectivity index (χ2v) is 3.70. The molecule has 0 saturated carbocycles. The fourth-order valence-electron chi connectivity index (χ4n) is 1.69. The van der Waals surface area contributed by atoms with Gasteiger partial charge in [-0.05, 0) is 12.8 Å². The lowest BCUT2D eigenvalue weighted by atomic mass is 9.97. The van der Waals surface area contributed by atoms with Crippen LogP contribution >= 0.6 is 0 Å². The number of carbonyl (C=O) groups is 2. The van der Waals surface area contributed by atoms with Crippen LogP contribution in [0, 0.1) is 5.92 Å². The van der Waals surface area contributed by atoms with Crippen LogP contribution in [0.5, 0.6) is 0 Å². The largest absolute Gasteiger partial charge is 0.465 e. The minimum absolute atomic E-state index is 0.0877. The average Bonchev–Trinajstić information content (AvgIpc) is 2.26. The average molecular weight is 236 g/mol. The van der Waals surface area contributed by atoms with Crippen LogP contribution in [0.4, 0.5) is 13.6 Å². The molecule has 1 fully saturated rings. The summed E-state index contributed by atoms with van der Waals surface area (Å²) in [5.41, 5.74) is 0. The highest BCUT2D eigenvalue weighted by molar-refractivity contribution is 5.79. The molecule has 2 N–H and O–H groups in total. The van der Waals surface area contributed by atoms with Gasteiger partial charge in [-0.2, -0.15) is 0 Å². The maximum atomic E-state index is 11.8. The number of carbonyl (C=O) groups excluding carboxylic acids is 1. The molecule has 1 rings (SSSR count). The van der Waals surface area contributed by atoms with Gasteiger partial charge in [0, 0.05) is 13.1 Å². The zero-order chi connectivity index (χ0) is 12.1. The number of likely N-dealkylation sites (tertiary alicyclic amines) is 1. The Morgan fingerprint density at radius 1 is 1.50 bits per heavy atom. The Bertz CT molecular complexity index is 273. The molecule has 0 bridgehead atoms. The predicted octanol–water partition coefficient (Wildman–Crippen LogP) is 0.758. The quantitative estimate of drug-likeness (QED) is 0.760. The molecule has 0 spiro atoms. The lowest BCUT2D eigenvalue weighted by Crippen LogP contribution is -2.45. The normalized spacial score (nSPS) is 20.9. The number of hydrogen-bond acceptors (Lipinski definition) is 2. The molecule has 1 aliphatic rings. The predicted molar refractivity (Wildman–Crippen MR) is 51.3 cm³/mol. The molecule has 2 amide bonds. The second-order valence-electron chi connectivity index (χ2n) is 3.70. The molecule has 0 aliphatic carbocycles. The van der Waals surface area contributed by atoms with E-state index in [9.17, 15) is 18.4 Å². The number of nitrogens with zero attached hydrogens (tertiary/aromatic N) is 1. The molecule has 1 atom stereocenters. The van der Waals surface area contributed by atoms with Crippen LogP contribution in [0.15, 0.2) is 0 Å². The summed E-state index contributed by atoms with van der Waals surface area (Å²) in [5, 5.41) is 10.8. The number of alkyl halides is 2. The van der Waals surface area contributed by atoms with Crippen molar-refractivity contribution in [1.82, 2.24) is 10.2 Å². The summed E-state index contributed by atoms with van der Waals surface area (Å²) in [6, 6.07) is 0. The number of halogens is 2. The van der Waals surface area contributed by atoms with Crippen molar-refractivity contribution in [3.05, 3.63) is 0 Å². The van der Waals surface area contributed by atoms with E-state index in [0.29, 0.717) is 19.4 Å². The van der Waals surface area contributed by atoms with Gasteiger partial charge in [-0.25, -0.2) is 13.6 Å². The van der Waals surface area contributed by atoms with Crippen LogP contribution in [-0.4, -0.2) is 48.1 Å². The first kappa shape index (κ1) is 12.7. The molecular weight excluding hydrogens is 222 g/mol. The Morgan fingerprint density at radius 3 is 2.75 bits per heavy atom. The lowest BCUT2D eigenvalue weighted by molar-refractivity contribution is -0.127. The van der Waals surface area contributed by atoms with E-state index in [1.54, 1.807) is 0 Å². The maximum absolute atomic E-state index is 11.8. The summed E-state index contributed by atoms with van der Waals surface area (Å²) in [7, 11) is 0. The molecule has 5 nitrogen and oxygen atoms in total. The zero-order valence-electron chi connectivity index (χ0n) is 8.66. The molecule has 92 valence electrons. The molecule has 0 aromatic rings. The van der Waals surface area contributed by atoms with Crippen molar-refractivity contribution >= 4 is 12.0 Å². The molecule has 0 radical (unpaired) electrons. The molecular formula is C9H14F2N2O3. The first-order valence-electron chi connectivity index (χ1n) is 5.04. The highest BCUT2D eigenvalue weighted by atomic mass is 19.3. The first-order chi connectivity index (χ1) is 7.50. The molecule has 1 saturated heterocycles. The van der Waals surface area contributed by atoms with Crippen molar-refractivity contribution in [3.63, 3.8) is 0 Å². The fourth-order valence-corrected chi connectivity index (χ4v) is 1.69. The minimum Gasteiger partial charge on any atom is -0.465 e. The van der Waals surface area contributed by atoms with Crippen LogP contribution in [0.1, 0.15) is 12.8 Å². The molecule has 16 heavy (non-hydrogen) atoms. The molecule has 1 heterocycles. The van der Waals surface area contributed by atoms with Crippen molar-refractivity contribution in [2.24, 2.45) is 5.92 Å². The van der Waals surface area contributed by atoms with Crippen molar-refractivity contribution in [3.8, 4) is 0 Å². The van der Waals surface area contributed by atoms with E-state index in [2.05, 4.69) is 5.32 Å². The molecule has 0 aromatic carbocycles. The summed E-state index contributed by atoms with van der Waals surface area (Å²) < 4.78 is 23.7. The van der Waals surface area contributed by atoms with Gasteiger partial charge in [0.25, 0.3) is 6.43 Å². The Balaban J connectivity index is 2.41. The fraction of sp³-hybridized carbons (Fsp3) is 0.778. The van der Waals surface area contributed by atoms with Crippen LogP contribution in [-0.2, 0) is 4.79 Å². The highest BCUT2D eigenvalue weighted by Crippen LogP contribution is 2.16. The van der Waals surface area contributed by atoms with E-state index in [4.69, 9.17) is 5.11 Å². The lowest BCUT2D eigenvalue weighted by Gasteiger charge is -2.29. The third kappa shape index (κ3) is 3.63. The smallest absolute Gasteiger partial charge is 0.407 e. The number of rotatable bonds is 3. The van der Waals surface area contributed by atoms with Gasteiger partial charge < -0.3 is 15.3 Å². The number of hydrogen-bond donors (Lipinski definition) is 2. The SMILES string of the molecule is O=C(NCC(F)F)C1CCCN(C(=O)O)C1. The Kier molecular flexibility index (Phi) is 4.45. The molecule has 1 aliphatic heterocycles. The van der Waals surface area contributed by atoms with E-state index in [1.807, 2.05) is 0 Å². The van der Waals surface area contributed by atoms with E-state index < -0.39 is 30.9 Å².